The average molecular weight is 266 g/mol. The molecule has 0 unspecified atom stereocenters. The molecule has 0 aliphatic carbocycles. The second-order valence-corrected chi connectivity index (χ2v) is 4.86. The van der Waals surface area contributed by atoms with Crippen LogP contribution in [0.25, 0.3) is 0 Å². The highest BCUT2D eigenvalue weighted by Gasteiger charge is 2.23. The van der Waals surface area contributed by atoms with Gasteiger partial charge in [0.05, 0.1) is 7.11 Å². The van der Waals surface area contributed by atoms with E-state index in [2.05, 4.69) is 0 Å². The van der Waals surface area contributed by atoms with Gasteiger partial charge in [-0.05, 0) is 30.5 Å². The maximum absolute atomic E-state index is 13.5. The number of nitrogens with zero attached hydrogens (tertiary/aromatic N) is 1. The van der Waals surface area contributed by atoms with Crippen molar-refractivity contribution in [2.75, 3.05) is 20.2 Å². The zero-order chi connectivity index (χ0) is 13.8. The molecule has 19 heavy (non-hydrogen) atoms. The molecule has 1 aliphatic heterocycles. The van der Waals surface area contributed by atoms with Gasteiger partial charge in [-0.1, -0.05) is 6.07 Å². The number of amides is 1. The lowest BCUT2D eigenvalue weighted by atomic mass is 10.1. The summed E-state index contributed by atoms with van der Waals surface area (Å²) in [7, 11) is 1.43. The van der Waals surface area contributed by atoms with Crippen LogP contribution in [0.2, 0.25) is 0 Å². The Hall–Kier alpha value is -1.62. The predicted octanol–water partition coefficient (Wildman–Crippen LogP) is 1.33. The smallest absolute Gasteiger partial charge is 0.222 e. The number of rotatable bonds is 4. The van der Waals surface area contributed by atoms with Crippen molar-refractivity contribution in [3.63, 3.8) is 0 Å². The first-order chi connectivity index (χ1) is 9.10. The van der Waals surface area contributed by atoms with E-state index in [0.717, 1.165) is 18.5 Å². The second kappa shape index (κ2) is 6.02. The van der Waals surface area contributed by atoms with Gasteiger partial charge in [0.25, 0.3) is 0 Å². The van der Waals surface area contributed by atoms with Gasteiger partial charge < -0.3 is 15.4 Å². The van der Waals surface area contributed by atoms with Crippen LogP contribution >= 0.6 is 0 Å². The minimum Gasteiger partial charge on any atom is -0.494 e. The number of hydrogen-bond donors (Lipinski definition) is 1. The van der Waals surface area contributed by atoms with Crippen molar-refractivity contribution in [3.8, 4) is 5.75 Å². The standard InChI is InChI=1S/C14H19FN2O2/c1-19-13-4-2-10(8-12(13)15)3-5-14(18)17-7-6-11(16)9-17/h2,4,8,11H,3,5-7,9,16H2,1H3/t11-/m1/s1. The Balaban J connectivity index is 1.88. The first-order valence-electron chi connectivity index (χ1n) is 6.46. The van der Waals surface area contributed by atoms with Crippen molar-refractivity contribution in [3.05, 3.63) is 29.6 Å². The Morgan fingerprint density at radius 1 is 1.58 bits per heavy atom. The number of benzene rings is 1. The van der Waals surface area contributed by atoms with Crippen LogP contribution < -0.4 is 10.5 Å². The molecule has 0 aromatic heterocycles. The normalized spacial score (nSPS) is 18.7. The fourth-order valence-corrected chi connectivity index (χ4v) is 2.29. The third-order valence-electron chi connectivity index (χ3n) is 3.42. The third-order valence-corrected chi connectivity index (χ3v) is 3.42. The lowest BCUT2D eigenvalue weighted by Crippen LogP contribution is -2.31. The first-order valence-corrected chi connectivity index (χ1v) is 6.46. The molecule has 0 bridgehead atoms. The second-order valence-electron chi connectivity index (χ2n) is 4.86. The van der Waals surface area contributed by atoms with E-state index in [0.29, 0.717) is 19.4 Å². The quantitative estimate of drug-likeness (QED) is 0.894. The Morgan fingerprint density at radius 2 is 2.37 bits per heavy atom. The van der Waals surface area contributed by atoms with Gasteiger partial charge in [-0.2, -0.15) is 0 Å². The van der Waals surface area contributed by atoms with E-state index in [1.807, 2.05) is 0 Å². The molecular weight excluding hydrogens is 247 g/mol. The highest BCUT2D eigenvalue weighted by atomic mass is 19.1. The summed E-state index contributed by atoms with van der Waals surface area (Å²) >= 11 is 0. The highest BCUT2D eigenvalue weighted by molar-refractivity contribution is 5.76. The summed E-state index contributed by atoms with van der Waals surface area (Å²) in [5.74, 6) is -0.0830. The van der Waals surface area contributed by atoms with Crippen LogP contribution in [0.3, 0.4) is 0 Å². The summed E-state index contributed by atoms with van der Waals surface area (Å²) < 4.78 is 18.3. The van der Waals surface area contributed by atoms with Gasteiger partial charge in [-0.15, -0.1) is 0 Å². The molecule has 2 rings (SSSR count). The van der Waals surface area contributed by atoms with Crippen LogP contribution in [0.4, 0.5) is 4.39 Å². The first kappa shape index (κ1) is 13.8. The lowest BCUT2D eigenvalue weighted by molar-refractivity contribution is -0.130. The minimum absolute atomic E-state index is 0.0872. The summed E-state index contributed by atoms with van der Waals surface area (Å²) in [5.41, 5.74) is 6.57. The topological polar surface area (TPSA) is 55.6 Å². The number of carbonyl (C=O) groups is 1. The Morgan fingerprint density at radius 3 is 2.95 bits per heavy atom. The molecule has 1 fully saturated rings. The minimum atomic E-state index is -0.393. The van der Waals surface area contributed by atoms with Crippen molar-refractivity contribution in [1.29, 1.82) is 0 Å². The van der Waals surface area contributed by atoms with E-state index in [9.17, 15) is 9.18 Å². The van der Waals surface area contributed by atoms with E-state index >= 15 is 0 Å². The van der Waals surface area contributed by atoms with Gasteiger partial charge in [0, 0.05) is 25.6 Å². The summed E-state index contributed by atoms with van der Waals surface area (Å²) in [5, 5.41) is 0. The van der Waals surface area contributed by atoms with Crippen molar-refractivity contribution in [1.82, 2.24) is 4.90 Å². The van der Waals surface area contributed by atoms with Gasteiger partial charge in [0.15, 0.2) is 11.6 Å². The number of nitrogens with two attached hydrogens (primary N) is 1. The fourth-order valence-electron chi connectivity index (χ4n) is 2.29. The highest BCUT2D eigenvalue weighted by Crippen LogP contribution is 2.19. The fraction of sp³-hybridized carbons (Fsp3) is 0.500. The molecule has 1 aromatic rings. The molecule has 1 aliphatic rings. The van der Waals surface area contributed by atoms with Crippen LogP contribution in [0.5, 0.6) is 5.75 Å². The molecule has 1 amide bonds. The third kappa shape index (κ3) is 3.44. The maximum atomic E-state index is 13.5. The van der Waals surface area contributed by atoms with Crippen LogP contribution in [-0.4, -0.2) is 37.0 Å². The van der Waals surface area contributed by atoms with Crippen LogP contribution in [-0.2, 0) is 11.2 Å². The Kier molecular flexibility index (Phi) is 4.37. The molecule has 4 nitrogen and oxygen atoms in total. The summed E-state index contributed by atoms with van der Waals surface area (Å²) in [4.78, 5) is 13.7. The van der Waals surface area contributed by atoms with Crippen molar-refractivity contribution >= 4 is 5.91 Å². The molecule has 2 N–H and O–H groups in total. The summed E-state index contributed by atoms with van der Waals surface area (Å²) in [6.07, 6.45) is 1.78. The van der Waals surface area contributed by atoms with Gasteiger partial charge in [0.1, 0.15) is 0 Å². The molecule has 1 heterocycles. The van der Waals surface area contributed by atoms with Crippen LogP contribution in [0.15, 0.2) is 18.2 Å². The van der Waals surface area contributed by atoms with Crippen molar-refractivity contribution < 1.29 is 13.9 Å². The largest absolute Gasteiger partial charge is 0.494 e. The molecule has 5 heteroatoms. The molecule has 1 aromatic carbocycles. The summed E-state index contributed by atoms with van der Waals surface area (Å²) in [6.45, 7) is 1.37. The summed E-state index contributed by atoms with van der Waals surface area (Å²) in [6, 6.07) is 4.88. The van der Waals surface area contributed by atoms with Gasteiger partial charge >= 0.3 is 0 Å². The average Bonchev–Trinajstić information content (AvgIpc) is 2.83. The zero-order valence-electron chi connectivity index (χ0n) is 11.1. The van der Waals surface area contributed by atoms with E-state index in [1.54, 1.807) is 17.0 Å². The number of hydrogen-bond acceptors (Lipinski definition) is 3. The number of halogens is 1. The molecule has 0 radical (unpaired) electrons. The van der Waals surface area contributed by atoms with Crippen molar-refractivity contribution in [2.45, 2.75) is 25.3 Å². The maximum Gasteiger partial charge on any atom is 0.222 e. The van der Waals surface area contributed by atoms with Gasteiger partial charge in [-0.25, -0.2) is 4.39 Å². The number of ether oxygens (including phenoxy) is 1. The van der Waals surface area contributed by atoms with Gasteiger partial charge in [-0.3, -0.25) is 4.79 Å². The lowest BCUT2D eigenvalue weighted by Gasteiger charge is -2.15. The monoisotopic (exact) mass is 266 g/mol. The van der Waals surface area contributed by atoms with E-state index < -0.39 is 5.82 Å². The van der Waals surface area contributed by atoms with Gasteiger partial charge in [0.2, 0.25) is 5.91 Å². The number of carbonyl (C=O) groups excluding carboxylic acids is 1. The Labute approximate surface area is 112 Å². The van der Waals surface area contributed by atoms with E-state index in [4.69, 9.17) is 10.5 Å². The number of likely N-dealkylation sites (tertiary alicyclic amines) is 1. The molecule has 1 saturated heterocycles. The molecule has 1 atom stereocenters. The van der Waals surface area contributed by atoms with Crippen molar-refractivity contribution in [2.24, 2.45) is 5.73 Å². The number of aryl methyl sites for hydroxylation is 1. The molecular formula is C14H19FN2O2. The molecule has 0 spiro atoms. The Bertz CT molecular complexity index is 465. The van der Waals surface area contributed by atoms with E-state index in [1.165, 1.54) is 13.2 Å². The van der Waals surface area contributed by atoms with Crippen LogP contribution in [0, 0.1) is 5.82 Å². The molecule has 0 saturated carbocycles. The van der Waals surface area contributed by atoms with Crippen LogP contribution in [0.1, 0.15) is 18.4 Å². The molecule has 104 valence electrons. The SMILES string of the molecule is COc1ccc(CCC(=O)N2CC[C@@H](N)C2)cc1F. The van der Waals surface area contributed by atoms with E-state index in [-0.39, 0.29) is 17.7 Å². The zero-order valence-corrected chi connectivity index (χ0v) is 11.1. The predicted molar refractivity (Wildman–Crippen MR) is 70.4 cm³/mol. The number of methoxy groups -OCH3 is 1.